The molecule has 1 aliphatic heterocycles. The minimum absolute atomic E-state index is 0.0774. The first-order valence-electron chi connectivity index (χ1n) is 7.82. The molecule has 0 radical (unpaired) electrons. The van der Waals surface area contributed by atoms with Gasteiger partial charge in [0.15, 0.2) is 0 Å². The highest BCUT2D eigenvalue weighted by Gasteiger charge is 2.42. The summed E-state index contributed by atoms with van der Waals surface area (Å²) in [6.07, 6.45) is -1.06. The molecule has 1 heterocycles. The molecule has 0 aromatic heterocycles. The maximum absolute atomic E-state index is 14.3. The molecular weight excluding hydrogens is 347 g/mol. The van der Waals surface area contributed by atoms with Gasteiger partial charge in [0, 0.05) is 13.0 Å². The number of aliphatic hydroxyl groups is 1. The average Bonchev–Trinajstić information content (AvgIpc) is 2.57. The largest absolute Gasteiger partial charge is 0.470 e. The molecule has 0 bridgehead atoms. The van der Waals surface area contributed by atoms with Crippen molar-refractivity contribution in [3.63, 3.8) is 0 Å². The number of aliphatic hydroxyl groups excluding tert-OH is 1. The fraction of sp³-hybridized carbons (Fsp3) is 0.294. The first kappa shape index (κ1) is 17.7. The molecular formula is C17H19FN2O4S. The van der Waals surface area contributed by atoms with Crippen molar-refractivity contribution in [3.8, 4) is 5.75 Å². The molecule has 2 atom stereocenters. The number of hydrogen-bond donors (Lipinski definition) is 2. The van der Waals surface area contributed by atoms with Gasteiger partial charge in [-0.1, -0.05) is 24.3 Å². The van der Waals surface area contributed by atoms with E-state index in [9.17, 15) is 17.9 Å². The zero-order valence-corrected chi connectivity index (χ0v) is 14.4. The number of benzene rings is 2. The highest BCUT2D eigenvalue weighted by molar-refractivity contribution is 7.93. The van der Waals surface area contributed by atoms with Gasteiger partial charge < -0.3 is 15.2 Å². The minimum Gasteiger partial charge on any atom is -0.470 e. The first-order valence-corrected chi connectivity index (χ1v) is 9.32. The molecule has 0 spiro atoms. The number of para-hydroxylation sites is 3. The van der Waals surface area contributed by atoms with Crippen LogP contribution < -0.4 is 14.4 Å². The first-order chi connectivity index (χ1) is 11.9. The normalized spacial score (nSPS) is 19.8. The lowest BCUT2D eigenvalue weighted by molar-refractivity contribution is 0.124. The number of likely N-dealkylation sites (N-methyl/N-ethyl adjacent to an activating group) is 1. The molecule has 134 valence electrons. The molecule has 25 heavy (non-hydrogen) atoms. The van der Waals surface area contributed by atoms with Crippen molar-refractivity contribution in [2.24, 2.45) is 0 Å². The van der Waals surface area contributed by atoms with Gasteiger partial charge in [0.25, 0.3) is 10.0 Å². The lowest BCUT2D eigenvalue weighted by Gasteiger charge is -2.36. The van der Waals surface area contributed by atoms with Crippen LogP contribution in [0.15, 0.2) is 48.5 Å². The standard InChI is InChI=1S/C17H19FN2O4S/c1-19-11-12(21)10-17-24-16-9-5-4-8-15(16)20(25(17,22)23)14-7-3-2-6-13(14)18/h2-9,12,17,19,21H,10-11H2,1H3/t12-,17+/m0/s1. The number of hydrogen-bond acceptors (Lipinski definition) is 5. The smallest absolute Gasteiger partial charge is 0.278 e. The van der Waals surface area contributed by atoms with Gasteiger partial charge in [-0.15, -0.1) is 0 Å². The second-order valence-corrected chi connectivity index (χ2v) is 7.64. The summed E-state index contributed by atoms with van der Waals surface area (Å²) in [5, 5.41) is 12.8. The summed E-state index contributed by atoms with van der Waals surface area (Å²) in [6.45, 7) is 0.219. The SMILES string of the molecule is CNC[C@@H](O)C[C@@H]1Oc2ccccc2N(c2ccccc2F)S1(=O)=O. The van der Waals surface area contributed by atoms with E-state index in [1.54, 1.807) is 37.4 Å². The van der Waals surface area contributed by atoms with E-state index < -0.39 is 27.4 Å². The van der Waals surface area contributed by atoms with Crippen LogP contribution in [-0.4, -0.2) is 38.7 Å². The summed E-state index contributed by atoms with van der Waals surface area (Å²) in [6, 6.07) is 12.2. The molecule has 2 aromatic rings. The fourth-order valence-corrected chi connectivity index (χ4v) is 4.55. The summed E-state index contributed by atoms with van der Waals surface area (Å²) in [4.78, 5) is 0. The fourth-order valence-electron chi connectivity index (χ4n) is 2.78. The Hall–Kier alpha value is -2.16. The van der Waals surface area contributed by atoms with Gasteiger partial charge in [-0.2, -0.15) is 0 Å². The Labute approximate surface area is 145 Å². The van der Waals surface area contributed by atoms with Crippen molar-refractivity contribution in [1.82, 2.24) is 5.32 Å². The second-order valence-electron chi connectivity index (χ2n) is 5.72. The predicted molar refractivity (Wildman–Crippen MR) is 92.9 cm³/mol. The van der Waals surface area contributed by atoms with Gasteiger partial charge in [0.2, 0.25) is 5.44 Å². The van der Waals surface area contributed by atoms with Crippen molar-refractivity contribution >= 4 is 21.4 Å². The van der Waals surface area contributed by atoms with Crippen LogP contribution in [0.3, 0.4) is 0 Å². The van der Waals surface area contributed by atoms with E-state index >= 15 is 0 Å². The number of sulfonamides is 1. The Bertz CT molecular complexity index is 859. The zero-order chi connectivity index (χ0) is 18.0. The molecule has 0 amide bonds. The molecule has 8 heteroatoms. The molecule has 2 N–H and O–H groups in total. The Kier molecular flexibility index (Phi) is 4.94. The van der Waals surface area contributed by atoms with E-state index in [4.69, 9.17) is 4.74 Å². The quantitative estimate of drug-likeness (QED) is 0.846. The van der Waals surface area contributed by atoms with Crippen LogP contribution in [0.5, 0.6) is 5.75 Å². The average molecular weight is 366 g/mol. The number of rotatable bonds is 5. The monoisotopic (exact) mass is 366 g/mol. The van der Waals surface area contributed by atoms with Gasteiger partial charge in [-0.3, -0.25) is 0 Å². The van der Waals surface area contributed by atoms with E-state index in [0.29, 0.717) is 5.75 Å². The molecule has 0 fully saturated rings. The van der Waals surface area contributed by atoms with E-state index in [1.165, 1.54) is 18.2 Å². The van der Waals surface area contributed by atoms with Crippen molar-refractivity contribution in [3.05, 3.63) is 54.3 Å². The zero-order valence-electron chi connectivity index (χ0n) is 13.6. The molecule has 3 rings (SSSR count). The topological polar surface area (TPSA) is 78.9 Å². The van der Waals surface area contributed by atoms with Crippen LogP contribution in [0, 0.1) is 5.82 Å². The van der Waals surface area contributed by atoms with Crippen molar-refractivity contribution in [2.45, 2.75) is 18.0 Å². The number of nitrogens with one attached hydrogen (secondary N) is 1. The maximum Gasteiger partial charge on any atom is 0.278 e. The summed E-state index contributed by atoms with van der Waals surface area (Å²) in [5.74, 6) is -0.334. The predicted octanol–water partition coefficient (Wildman–Crippen LogP) is 1.98. The van der Waals surface area contributed by atoms with Gasteiger partial charge in [-0.05, 0) is 31.3 Å². The number of halogens is 1. The molecule has 6 nitrogen and oxygen atoms in total. The molecule has 2 aromatic carbocycles. The molecule has 0 saturated heterocycles. The van der Waals surface area contributed by atoms with Gasteiger partial charge >= 0.3 is 0 Å². The van der Waals surface area contributed by atoms with Gasteiger partial charge in [0.05, 0.1) is 17.5 Å². The summed E-state index contributed by atoms with van der Waals surface area (Å²) in [5.41, 5.74) is -1.15. The van der Waals surface area contributed by atoms with Crippen LogP contribution >= 0.6 is 0 Å². The Morgan fingerprint density at radius 1 is 1.20 bits per heavy atom. The van der Waals surface area contributed by atoms with E-state index in [1.807, 2.05) is 0 Å². The van der Waals surface area contributed by atoms with E-state index in [0.717, 1.165) is 4.31 Å². The third-order valence-electron chi connectivity index (χ3n) is 3.90. The second kappa shape index (κ2) is 6.99. The summed E-state index contributed by atoms with van der Waals surface area (Å²) < 4.78 is 47.0. The molecule has 0 unspecified atom stereocenters. The highest BCUT2D eigenvalue weighted by atomic mass is 32.2. The summed E-state index contributed by atoms with van der Waals surface area (Å²) >= 11 is 0. The lowest BCUT2D eigenvalue weighted by atomic mass is 10.2. The number of fused-ring (bicyclic) bond motifs is 1. The van der Waals surface area contributed by atoms with Gasteiger partial charge in [-0.25, -0.2) is 17.1 Å². The number of anilines is 2. The van der Waals surface area contributed by atoms with E-state index in [-0.39, 0.29) is 24.3 Å². The van der Waals surface area contributed by atoms with Crippen molar-refractivity contribution in [2.75, 3.05) is 17.9 Å². The highest BCUT2D eigenvalue weighted by Crippen LogP contribution is 2.43. The van der Waals surface area contributed by atoms with Crippen LogP contribution in [0.2, 0.25) is 0 Å². The maximum atomic E-state index is 14.3. The van der Waals surface area contributed by atoms with Crippen LogP contribution in [0.1, 0.15) is 6.42 Å². The minimum atomic E-state index is -4.08. The molecule has 1 aliphatic rings. The number of ether oxygens (including phenoxy) is 1. The molecule has 0 aliphatic carbocycles. The number of nitrogens with zero attached hydrogens (tertiary/aromatic N) is 1. The molecule has 0 saturated carbocycles. The summed E-state index contributed by atoms with van der Waals surface area (Å²) in [7, 11) is -2.43. The lowest BCUT2D eigenvalue weighted by Crippen LogP contribution is -2.45. The third-order valence-corrected chi connectivity index (χ3v) is 5.76. The van der Waals surface area contributed by atoms with E-state index in [2.05, 4.69) is 5.32 Å². The third kappa shape index (κ3) is 3.33. The van der Waals surface area contributed by atoms with Crippen molar-refractivity contribution in [1.29, 1.82) is 0 Å². The van der Waals surface area contributed by atoms with Crippen LogP contribution in [0.25, 0.3) is 0 Å². The Morgan fingerprint density at radius 3 is 2.52 bits per heavy atom. The van der Waals surface area contributed by atoms with Crippen molar-refractivity contribution < 1.29 is 22.7 Å². The Balaban J connectivity index is 2.10. The Morgan fingerprint density at radius 2 is 1.84 bits per heavy atom. The van der Waals surface area contributed by atoms with Crippen LogP contribution in [-0.2, 0) is 10.0 Å². The van der Waals surface area contributed by atoms with Gasteiger partial charge in [0.1, 0.15) is 11.6 Å². The van der Waals surface area contributed by atoms with Crippen LogP contribution in [0.4, 0.5) is 15.8 Å².